The van der Waals surface area contributed by atoms with Crippen LogP contribution in [0, 0.1) is 46.3 Å². The molecule has 104 valence electrons. The van der Waals surface area contributed by atoms with Gasteiger partial charge in [-0.2, -0.15) is 10.5 Å². The van der Waals surface area contributed by atoms with Crippen LogP contribution in [-0.2, 0) is 4.79 Å². The van der Waals surface area contributed by atoms with E-state index in [2.05, 4.69) is 0 Å². The second-order valence-electron chi connectivity index (χ2n) is 6.23. The monoisotopic (exact) mass is 270 g/mol. The van der Waals surface area contributed by atoms with E-state index < -0.39 is 0 Å². The molecule has 0 aliphatic heterocycles. The molecule has 6 atom stereocenters. The van der Waals surface area contributed by atoms with Gasteiger partial charge in [0.15, 0.2) is 5.78 Å². The third kappa shape index (κ3) is 1.64. The van der Waals surface area contributed by atoms with Crippen LogP contribution >= 0.6 is 0 Å². The van der Waals surface area contributed by atoms with Gasteiger partial charge in [-0.3, -0.25) is 4.79 Å². The lowest BCUT2D eigenvalue weighted by molar-refractivity contribution is -0.120. The molecule has 0 heterocycles. The van der Waals surface area contributed by atoms with Crippen LogP contribution in [0.15, 0.2) is 11.1 Å². The van der Waals surface area contributed by atoms with Crippen LogP contribution in [-0.4, -0.2) is 17.9 Å². The Kier molecular flexibility index (Phi) is 3.12. The van der Waals surface area contributed by atoms with E-state index in [1.165, 1.54) is 0 Å². The molecule has 0 bridgehead atoms. The van der Waals surface area contributed by atoms with Crippen LogP contribution in [0.5, 0.6) is 0 Å². The fraction of sp³-hybridized carbons (Fsp3) is 0.667. The number of nitrogens with two attached hydrogens (primary N) is 2. The molecular formula is C15H18N4O. The van der Waals surface area contributed by atoms with Gasteiger partial charge in [-0.25, -0.2) is 0 Å². The molecule has 5 heteroatoms. The number of hydrogen-bond donors (Lipinski definition) is 2. The molecule has 0 radical (unpaired) electrons. The first-order valence-electron chi connectivity index (χ1n) is 7.20. The molecule has 20 heavy (non-hydrogen) atoms. The number of carbonyl (C=O) groups excluding carboxylic acids is 1. The van der Waals surface area contributed by atoms with Crippen LogP contribution < -0.4 is 11.5 Å². The van der Waals surface area contributed by atoms with Gasteiger partial charge in [0, 0.05) is 23.6 Å². The zero-order valence-corrected chi connectivity index (χ0v) is 11.2. The van der Waals surface area contributed by atoms with Gasteiger partial charge in [-0.05, 0) is 43.4 Å². The van der Waals surface area contributed by atoms with Crippen molar-refractivity contribution in [1.29, 1.82) is 10.5 Å². The average Bonchev–Trinajstić information content (AvgIpc) is 2.72. The van der Waals surface area contributed by atoms with E-state index in [4.69, 9.17) is 22.0 Å². The summed E-state index contributed by atoms with van der Waals surface area (Å²) in [5.41, 5.74) is 12.9. The summed E-state index contributed by atoms with van der Waals surface area (Å²) < 4.78 is 0. The van der Waals surface area contributed by atoms with Gasteiger partial charge >= 0.3 is 0 Å². The summed E-state index contributed by atoms with van der Waals surface area (Å²) in [7, 11) is 0. The summed E-state index contributed by atoms with van der Waals surface area (Å²) in [4.78, 5) is 12.6. The maximum atomic E-state index is 12.6. The summed E-state index contributed by atoms with van der Waals surface area (Å²) in [5.74, 6) is 0.221. The fourth-order valence-electron chi connectivity index (χ4n) is 4.70. The van der Waals surface area contributed by atoms with Crippen molar-refractivity contribution in [1.82, 2.24) is 0 Å². The molecule has 3 aliphatic carbocycles. The van der Waals surface area contributed by atoms with Crippen LogP contribution in [0.2, 0.25) is 0 Å². The highest BCUT2D eigenvalue weighted by molar-refractivity contribution is 6.02. The van der Waals surface area contributed by atoms with Crippen molar-refractivity contribution in [3.05, 3.63) is 11.1 Å². The molecule has 0 aromatic carbocycles. The number of hydrogen-bond acceptors (Lipinski definition) is 5. The van der Waals surface area contributed by atoms with Crippen LogP contribution in [0.3, 0.4) is 0 Å². The Morgan fingerprint density at radius 3 is 2.05 bits per heavy atom. The van der Waals surface area contributed by atoms with Crippen molar-refractivity contribution in [2.45, 2.75) is 37.8 Å². The van der Waals surface area contributed by atoms with E-state index in [-0.39, 0.29) is 47.1 Å². The summed E-state index contributed by atoms with van der Waals surface area (Å²) >= 11 is 0. The summed E-state index contributed by atoms with van der Waals surface area (Å²) in [6, 6.07) is 3.86. The lowest BCUT2D eigenvalue weighted by Gasteiger charge is -2.46. The zero-order valence-electron chi connectivity index (χ0n) is 11.2. The highest BCUT2D eigenvalue weighted by Crippen LogP contribution is 2.55. The molecule has 3 fully saturated rings. The van der Waals surface area contributed by atoms with Gasteiger partial charge in [0.05, 0.1) is 0 Å². The van der Waals surface area contributed by atoms with Crippen LogP contribution in [0.4, 0.5) is 0 Å². The van der Waals surface area contributed by atoms with Gasteiger partial charge in [0.25, 0.3) is 0 Å². The Hall–Kier alpha value is -1.69. The largest absolute Gasteiger partial charge is 0.327 e. The Morgan fingerprint density at radius 2 is 1.50 bits per heavy atom. The van der Waals surface area contributed by atoms with E-state index in [0.717, 1.165) is 25.7 Å². The number of nitriles is 2. The Morgan fingerprint density at radius 1 is 0.950 bits per heavy atom. The van der Waals surface area contributed by atoms with Crippen molar-refractivity contribution >= 4 is 5.78 Å². The molecule has 5 nitrogen and oxygen atoms in total. The van der Waals surface area contributed by atoms with Crippen molar-refractivity contribution < 1.29 is 4.79 Å². The van der Waals surface area contributed by atoms with Crippen molar-refractivity contribution in [3.8, 4) is 12.1 Å². The molecule has 3 aliphatic rings. The average molecular weight is 270 g/mol. The number of rotatable bonds is 0. The Labute approximate surface area is 118 Å². The minimum absolute atomic E-state index is 0.00260. The third-order valence-corrected chi connectivity index (χ3v) is 5.45. The fourth-order valence-corrected chi connectivity index (χ4v) is 4.70. The van der Waals surface area contributed by atoms with Crippen LogP contribution in [0.25, 0.3) is 0 Å². The van der Waals surface area contributed by atoms with Gasteiger partial charge < -0.3 is 11.5 Å². The lowest BCUT2D eigenvalue weighted by atomic mass is 9.61. The van der Waals surface area contributed by atoms with Gasteiger partial charge in [-0.15, -0.1) is 0 Å². The van der Waals surface area contributed by atoms with Crippen molar-refractivity contribution in [2.75, 3.05) is 0 Å². The molecule has 4 N–H and O–H groups in total. The molecule has 0 spiro atoms. The van der Waals surface area contributed by atoms with E-state index >= 15 is 0 Å². The van der Waals surface area contributed by atoms with Gasteiger partial charge in [-0.1, -0.05) is 0 Å². The highest BCUT2D eigenvalue weighted by atomic mass is 16.1. The minimum atomic E-state index is -0.0807. The first-order chi connectivity index (χ1) is 9.60. The Bertz CT molecular complexity index is 547. The molecule has 0 aromatic heterocycles. The van der Waals surface area contributed by atoms with Crippen molar-refractivity contribution in [2.24, 2.45) is 35.1 Å². The second-order valence-corrected chi connectivity index (χ2v) is 6.23. The first-order valence-corrected chi connectivity index (χ1v) is 7.20. The maximum absolute atomic E-state index is 12.6. The predicted octanol–water partition coefficient (Wildman–Crippen LogP) is 0.620. The zero-order chi connectivity index (χ0) is 14.4. The number of carbonyl (C=O) groups is 1. The SMILES string of the molecule is N#CC(C#N)=C1C(=O)C2CCC(N)C3C(N)CCC1C23. The standard InChI is InChI=1S/C15H18N4O/c16-5-7(6-17)12-8-1-3-10(18)14-11(19)4-2-9(13(8)14)15(12)20/h8-11,13-14H,1-4,18-19H2. The summed E-state index contributed by atoms with van der Waals surface area (Å²) in [5, 5.41) is 18.2. The maximum Gasteiger partial charge on any atom is 0.164 e. The highest BCUT2D eigenvalue weighted by Gasteiger charge is 2.56. The molecular weight excluding hydrogens is 252 g/mol. The Balaban J connectivity index is 2.10. The topological polar surface area (TPSA) is 117 Å². The number of nitrogens with zero attached hydrogens (tertiary/aromatic N) is 2. The van der Waals surface area contributed by atoms with E-state index in [1.54, 1.807) is 0 Å². The molecule has 0 amide bonds. The van der Waals surface area contributed by atoms with Gasteiger partial charge in [0.1, 0.15) is 17.7 Å². The number of allylic oxidation sites excluding steroid dienone is 2. The van der Waals surface area contributed by atoms with Gasteiger partial charge in [0.2, 0.25) is 0 Å². The number of Topliss-reactive ketones (excluding diaryl/α,β-unsaturated/α-hetero) is 1. The first kappa shape index (κ1) is 13.3. The molecule has 0 saturated heterocycles. The molecule has 6 unspecified atom stereocenters. The van der Waals surface area contributed by atoms with E-state index in [1.807, 2.05) is 12.1 Å². The third-order valence-electron chi connectivity index (χ3n) is 5.45. The van der Waals surface area contributed by atoms with E-state index in [0.29, 0.717) is 5.57 Å². The quantitative estimate of drug-likeness (QED) is 0.494. The minimum Gasteiger partial charge on any atom is -0.327 e. The van der Waals surface area contributed by atoms with Crippen molar-refractivity contribution in [3.63, 3.8) is 0 Å². The predicted molar refractivity (Wildman–Crippen MR) is 71.6 cm³/mol. The van der Waals surface area contributed by atoms with E-state index in [9.17, 15) is 4.79 Å². The molecule has 0 aromatic rings. The summed E-state index contributed by atoms with van der Waals surface area (Å²) in [6.07, 6.45) is 3.17. The summed E-state index contributed by atoms with van der Waals surface area (Å²) in [6.45, 7) is 0. The van der Waals surface area contributed by atoms with Crippen LogP contribution in [0.1, 0.15) is 25.7 Å². The lowest BCUT2D eigenvalue weighted by Crippen LogP contribution is -2.54. The smallest absolute Gasteiger partial charge is 0.164 e. The molecule has 3 saturated carbocycles. The molecule has 3 rings (SSSR count). The second kappa shape index (κ2) is 4.70. The number of ketones is 1. The normalized spacial score (nSPS) is 42.6.